The van der Waals surface area contributed by atoms with E-state index in [1.165, 1.54) is 0 Å². The van der Waals surface area contributed by atoms with Gasteiger partial charge >= 0.3 is 6.03 Å². The molecular weight excluding hydrogens is 592 g/mol. The van der Waals surface area contributed by atoms with Crippen molar-refractivity contribution in [3.05, 3.63) is 83.4 Å². The number of anilines is 2. The molecule has 236 valence electrons. The normalized spacial score (nSPS) is 17.1. The summed E-state index contributed by atoms with van der Waals surface area (Å²) in [5, 5.41) is 5.26. The van der Waals surface area contributed by atoms with Crippen molar-refractivity contribution in [1.82, 2.24) is 10.2 Å². The molecule has 3 amide bonds. The molecule has 13 heteroatoms. The molecule has 5 N–H and O–H groups in total. The Kier molecular flexibility index (Phi) is 10.8. The van der Waals surface area contributed by atoms with E-state index in [1.54, 1.807) is 24.3 Å². The molecule has 10 nitrogen and oxygen atoms in total. The maximum atomic E-state index is 14.6. The highest BCUT2D eigenvalue weighted by Crippen LogP contribution is 2.27. The first kappa shape index (κ1) is 32.7. The van der Waals surface area contributed by atoms with Crippen LogP contribution in [0, 0.1) is 11.6 Å². The van der Waals surface area contributed by atoms with Gasteiger partial charge in [-0.15, -0.1) is 0 Å². The van der Waals surface area contributed by atoms with Crippen LogP contribution in [-0.4, -0.2) is 50.1 Å². The minimum Gasteiger partial charge on any atom is -0.457 e. The first-order valence-electron chi connectivity index (χ1n) is 14.4. The lowest BCUT2D eigenvalue weighted by Crippen LogP contribution is -2.50. The highest BCUT2D eigenvalue weighted by atomic mass is 32.2. The average Bonchev–Trinajstić information content (AvgIpc) is 2.95. The third kappa shape index (κ3) is 9.13. The fourth-order valence-electron chi connectivity index (χ4n) is 5.24. The molecule has 1 saturated heterocycles. The number of nitrogens with two attached hydrogens (primary N) is 1. The van der Waals surface area contributed by atoms with Gasteiger partial charge in [-0.05, 0) is 73.4 Å². The average molecular weight is 630 g/mol. The molecule has 2 atom stereocenters. The second kappa shape index (κ2) is 14.5. The fourth-order valence-corrected chi connectivity index (χ4v) is 5.80. The second-order valence-corrected chi connectivity index (χ2v) is 12.6. The molecule has 0 aromatic heterocycles. The molecule has 2 unspecified atom stereocenters. The summed E-state index contributed by atoms with van der Waals surface area (Å²) >= 11 is 0. The van der Waals surface area contributed by atoms with Crippen molar-refractivity contribution in [1.29, 1.82) is 0 Å². The maximum Gasteiger partial charge on any atom is 0.319 e. The molecule has 0 saturated carbocycles. The van der Waals surface area contributed by atoms with Gasteiger partial charge in [0.05, 0.1) is 11.9 Å². The quantitative estimate of drug-likeness (QED) is 0.206. The van der Waals surface area contributed by atoms with E-state index in [2.05, 4.69) is 27.2 Å². The molecular formula is C31H37F2N5O5S. The van der Waals surface area contributed by atoms with E-state index in [4.69, 9.17) is 10.5 Å². The van der Waals surface area contributed by atoms with Crippen LogP contribution in [0.5, 0.6) is 11.5 Å². The standard InChI is InChI=1S/C31H37F2N5O5S/c1-3-4-5-23-18-22(35-31(40)36-27-15-14-26(32)28(29(27)33)30(34)39)16-17-38(23)19-20-6-10-24(11-7-20)43-25-12-8-21(9-13-25)37-44(2,41)42/h6-15,22-23,37H,3-5,16-19H2,1-2H3,(H2,34,39)(H2,35,36,40). The van der Waals surface area contributed by atoms with Crippen LogP contribution in [0.15, 0.2) is 60.7 Å². The summed E-state index contributed by atoms with van der Waals surface area (Å²) < 4.78 is 59.5. The number of halogens is 2. The number of piperidine rings is 1. The number of primary amides is 1. The number of urea groups is 1. The predicted octanol–water partition coefficient (Wildman–Crippen LogP) is 5.57. The topological polar surface area (TPSA) is 143 Å². The zero-order valence-electron chi connectivity index (χ0n) is 24.6. The summed E-state index contributed by atoms with van der Waals surface area (Å²) in [6, 6.07) is 15.8. The third-order valence-corrected chi connectivity index (χ3v) is 7.96. The molecule has 0 aliphatic carbocycles. The number of hydrogen-bond acceptors (Lipinski definition) is 6. The number of benzene rings is 3. The van der Waals surface area contributed by atoms with E-state index < -0.39 is 39.2 Å². The number of amides is 3. The van der Waals surface area contributed by atoms with Crippen molar-refractivity contribution in [3.63, 3.8) is 0 Å². The molecule has 3 aromatic carbocycles. The number of carbonyl (C=O) groups is 2. The van der Waals surface area contributed by atoms with Gasteiger partial charge in [-0.25, -0.2) is 22.0 Å². The Balaban J connectivity index is 1.33. The van der Waals surface area contributed by atoms with Crippen LogP contribution in [0.3, 0.4) is 0 Å². The maximum absolute atomic E-state index is 14.6. The largest absolute Gasteiger partial charge is 0.457 e. The van der Waals surface area contributed by atoms with Crippen LogP contribution < -0.4 is 25.8 Å². The molecule has 44 heavy (non-hydrogen) atoms. The first-order valence-corrected chi connectivity index (χ1v) is 16.2. The minimum atomic E-state index is -3.35. The molecule has 1 aliphatic heterocycles. The van der Waals surface area contributed by atoms with E-state index in [-0.39, 0.29) is 17.8 Å². The van der Waals surface area contributed by atoms with Crippen LogP contribution >= 0.6 is 0 Å². The van der Waals surface area contributed by atoms with Gasteiger partial charge in [-0.3, -0.25) is 14.4 Å². The van der Waals surface area contributed by atoms with Gasteiger partial charge in [0, 0.05) is 30.9 Å². The molecule has 1 heterocycles. The third-order valence-electron chi connectivity index (χ3n) is 7.35. The summed E-state index contributed by atoms with van der Waals surface area (Å²) in [6.07, 6.45) is 5.50. The van der Waals surface area contributed by atoms with Crippen LogP contribution in [0.2, 0.25) is 0 Å². The summed E-state index contributed by atoms with van der Waals surface area (Å²) in [5.74, 6) is -2.33. The van der Waals surface area contributed by atoms with Gasteiger partial charge in [0.25, 0.3) is 5.91 Å². The van der Waals surface area contributed by atoms with Gasteiger partial charge in [0.1, 0.15) is 22.9 Å². The molecule has 3 aromatic rings. The van der Waals surface area contributed by atoms with Crippen molar-refractivity contribution >= 4 is 33.3 Å². The van der Waals surface area contributed by atoms with Crippen molar-refractivity contribution in [2.75, 3.05) is 22.8 Å². The van der Waals surface area contributed by atoms with E-state index in [0.717, 1.165) is 56.3 Å². The number of likely N-dealkylation sites (tertiary alicyclic amines) is 1. The summed E-state index contributed by atoms with van der Waals surface area (Å²) in [4.78, 5) is 26.5. The highest BCUT2D eigenvalue weighted by Gasteiger charge is 2.29. The zero-order chi connectivity index (χ0) is 31.9. The van der Waals surface area contributed by atoms with Crippen LogP contribution in [0.25, 0.3) is 0 Å². The summed E-state index contributed by atoms with van der Waals surface area (Å²) in [7, 11) is -3.35. The van der Waals surface area contributed by atoms with Gasteiger partial charge in [0.2, 0.25) is 10.0 Å². The van der Waals surface area contributed by atoms with Gasteiger partial charge in [-0.1, -0.05) is 31.9 Å². The van der Waals surface area contributed by atoms with Crippen LogP contribution in [0.1, 0.15) is 54.9 Å². The number of unbranched alkanes of at least 4 members (excludes halogenated alkanes) is 1. The lowest BCUT2D eigenvalue weighted by atomic mass is 9.93. The van der Waals surface area contributed by atoms with E-state index >= 15 is 0 Å². The van der Waals surface area contributed by atoms with E-state index in [0.29, 0.717) is 30.0 Å². The highest BCUT2D eigenvalue weighted by molar-refractivity contribution is 7.92. The SMILES string of the molecule is CCCCC1CC(NC(=O)Nc2ccc(F)c(C(N)=O)c2F)CCN1Cc1ccc(Oc2ccc(NS(C)(=O)=O)cc2)cc1. The molecule has 4 rings (SSSR count). The lowest BCUT2D eigenvalue weighted by Gasteiger charge is -2.40. The fraction of sp³-hybridized carbons (Fsp3) is 0.355. The van der Waals surface area contributed by atoms with Crippen LogP contribution in [-0.2, 0) is 16.6 Å². The van der Waals surface area contributed by atoms with E-state index in [9.17, 15) is 26.8 Å². The second-order valence-electron chi connectivity index (χ2n) is 10.9. The van der Waals surface area contributed by atoms with Gasteiger partial charge in [-0.2, -0.15) is 0 Å². The predicted molar refractivity (Wildman–Crippen MR) is 165 cm³/mol. The Labute approximate surface area is 256 Å². The molecule has 1 fully saturated rings. The number of carbonyl (C=O) groups excluding carboxylic acids is 2. The van der Waals surface area contributed by atoms with E-state index in [1.807, 2.05) is 24.3 Å². The van der Waals surface area contributed by atoms with Gasteiger partial charge < -0.3 is 21.1 Å². The Morgan fingerprint density at radius 2 is 1.68 bits per heavy atom. The van der Waals surface area contributed by atoms with Crippen LogP contribution in [0.4, 0.5) is 25.0 Å². The Bertz CT molecular complexity index is 1570. The monoisotopic (exact) mass is 629 g/mol. The molecule has 0 radical (unpaired) electrons. The Morgan fingerprint density at radius 1 is 1.02 bits per heavy atom. The Morgan fingerprint density at radius 3 is 2.30 bits per heavy atom. The van der Waals surface area contributed by atoms with Gasteiger partial charge in [0.15, 0.2) is 5.82 Å². The number of nitrogens with zero attached hydrogens (tertiary/aromatic N) is 1. The molecule has 1 aliphatic rings. The lowest BCUT2D eigenvalue weighted by molar-refractivity contribution is 0.0992. The van der Waals surface area contributed by atoms with Crippen molar-refractivity contribution in [2.24, 2.45) is 5.73 Å². The van der Waals surface area contributed by atoms with Crippen molar-refractivity contribution < 1.29 is 31.5 Å². The minimum absolute atomic E-state index is 0.151. The molecule has 0 bridgehead atoms. The summed E-state index contributed by atoms with van der Waals surface area (Å²) in [6.45, 7) is 3.58. The van der Waals surface area contributed by atoms with Crippen molar-refractivity contribution in [3.8, 4) is 11.5 Å². The van der Waals surface area contributed by atoms with Crippen molar-refractivity contribution in [2.45, 2.75) is 57.7 Å². The smallest absolute Gasteiger partial charge is 0.319 e. The molecule has 0 spiro atoms. The summed E-state index contributed by atoms with van der Waals surface area (Å²) in [5.41, 5.74) is 5.40. The number of ether oxygens (including phenoxy) is 1. The number of nitrogens with one attached hydrogen (secondary N) is 3. The Hall–Kier alpha value is -4.23. The first-order chi connectivity index (χ1) is 20.9. The number of hydrogen-bond donors (Lipinski definition) is 4. The zero-order valence-corrected chi connectivity index (χ0v) is 25.4. The number of sulfonamides is 1. The number of rotatable bonds is 12.